The monoisotopic (exact) mass is 603 g/mol. The standard InChI is InChI=1S/C33H34ClN3O4S/c34-23-25-14-12-24(13-15-25)20-30(33(39)36-18-6-7-19-36)35-32(38)22-31(27-9-2-1-3-10-27)37(42(40)41)29-17-16-26-8-4-5-11-28(26)21-29/h1-5,8-17,21,30-31H,6-7,18-20,22-23H2,(H,35,38)(H,40,41). The Balaban J connectivity index is 1.43. The molecule has 3 unspecified atom stereocenters. The summed E-state index contributed by atoms with van der Waals surface area (Å²) in [6.45, 7) is 1.34. The van der Waals surface area contributed by atoms with E-state index in [0.29, 0.717) is 36.6 Å². The summed E-state index contributed by atoms with van der Waals surface area (Å²) < 4.78 is 24.7. The first-order valence-corrected chi connectivity index (χ1v) is 15.7. The molecule has 2 amide bonds. The van der Waals surface area contributed by atoms with Gasteiger partial charge in [0.05, 0.1) is 18.2 Å². The minimum atomic E-state index is -2.44. The van der Waals surface area contributed by atoms with Crippen LogP contribution in [0.15, 0.2) is 97.1 Å². The smallest absolute Gasteiger partial charge is 0.262 e. The van der Waals surface area contributed by atoms with Crippen LogP contribution in [0.3, 0.4) is 0 Å². The Hall–Kier alpha value is -3.72. The van der Waals surface area contributed by atoms with Crippen molar-refractivity contribution in [1.29, 1.82) is 0 Å². The number of nitrogens with zero attached hydrogens (tertiary/aromatic N) is 2. The Labute approximate surface area is 253 Å². The number of halogens is 1. The second-order valence-electron chi connectivity index (χ2n) is 10.5. The SMILES string of the molecule is O=C(CC(c1ccccc1)N(c1ccc2ccccc2c1)S(=O)O)NC(Cc1ccc(CCl)cc1)C(=O)N1CCCC1. The van der Waals surface area contributed by atoms with Gasteiger partial charge < -0.3 is 10.2 Å². The summed E-state index contributed by atoms with van der Waals surface area (Å²) in [5.74, 6) is -0.0980. The third-order valence-electron chi connectivity index (χ3n) is 7.67. The van der Waals surface area contributed by atoms with E-state index in [-0.39, 0.29) is 18.2 Å². The van der Waals surface area contributed by atoms with Crippen molar-refractivity contribution < 1.29 is 18.4 Å². The van der Waals surface area contributed by atoms with E-state index in [2.05, 4.69) is 5.32 Å². The fourth-order valence-corrected chi connectivity index (χ4v) is 6.38. The summed E-state index contributed by atoms with van der Waals surface area (Å²) in [5, 5.41) is 4.90. The lowest BCUT2D eigenvalue weighted by Gasteiger charge is -2.31. The van der Waals surface area contributed by atoms with Crippen LogP contribution in [-0.4, -0.2) is 44.6 Å². The number of carbonyl (C=O) groups is 2. The lowest BCUT2D eigenvalue weighted by molar-refractivity contribution is -0.135. The third kappa shape index (κ3) is 7.18. The van der Waals surface area contributed by atoms with Gasteiger partial charge in [0, 0.05) is 25.4 Å². The molecule has 0 radical (unpaired) electrons. The minimum Gasteiger partial charge on any atom is -0.344 e. The average Bonchev–Trinajstić information content (AvgIpc) is 3.56. The Morgan fingerprint density at radius 2 is 1.52 bits per heavy atom. The summed E-state index contributed by atoms with van der Waals surface area (Å²) >= 11 is 3.51. The number of likely N-dealkylation sites (tertiary alicyclic amines) is 1. The molecule has 1 aliphatic rings. The van der Waals surface area contributed by atoms with Crippen LogP contribution >= 0.6 is 11.6 Å². The number of alkyl halides is 1. The maximum Gasteiger partial charge on any atom is 0.262 e. The molecule has 4 aromatic carbocycles. The van der Waals surface area contributed by atoms with Crippen LogP contribution in [0, 0.1) is 0 Å². The van der Waals surface area contributed by atoms with Crippen LogP contribution in [0.1, 0.15) is 42.0 Å². The molecule has 0 aliphatic carbocycles. The van der Waals surface area contributed by atoms with Crippen LogP contribution in [-0.2, 0) is 33.2 Å². The molecule has 3 atom stereocenters. The molecule has 0 spiro atoms. The van der Waals surface area contributed by atoms with Crippen LogP contribution in [0.5, 0.6) is 0 Å². The maximum absolute atomic E-state index is 13.7. The minimum absolute atomic E-state index is 0.115. The number of amides is 2. The van der Waals surface area contributed by atoms with Crippen LogP contribution in [0.25, 0.3) is 10.8 Å². The van der Waals surface area contributed by atoms with Gasteiger partial charge in [-0.05, 0) is 52.4 Å². The number of rotatable bonds is 11. The molecule has 218 valence electrons. The fourth-order valence-electron chi connectivity index (χ4n) is 5.49. The van der Waals surface area contributed by atoms with Crippen molar-refractivity contribution in [3.05, 3.63) is 114 Å². The van der Waals surface area contributed by atoms with E-state index in [1.54, 1.807) is 11.0 Å². The summed E-state index contributed by atoms with van der Waals surface area (Å²) in [7, 11) is 0. The quantitative estimate of drug-likeness (QED) is 0.162. The highest BCUT2D eigenvalue weighted by atomic mass is 35.5. The number of hydrogen-bond donors (Lipinski definition) is 2. The summed E-state index contributed by atoms with van der Waals surface area (Å²) in [6, 6.07) is 28.7. The van der Waals surface area contributed by atoms with Crippen molar-refractivity contribution >= 4 is 51.1 Å². The van der Waals surface area contributed by atoms with E-state index in [4.69, 9.17) is 11.6 Å². The molecule has 9 heteroatoms. The van der Waals surface area contributed by atoms with E-state index in [0.717, 1.165) is 34.7 Å². The van der Waals surface area contributed by atoms with Gasteiger partial charge in [0.15, 0.2) is 0 Å². The first-order valence-electron chi connectivity index (χ1n) is 14.1. The van der Waals surface area contributed by atoms with Crippen molar-refractivity contribution in [1.82, 2.24) is 10.2 Å². The Morgan fingerprint density at radius 1 is 0.881 bits per heavy atom. The molecular formula is C33H34ClN3O4S. The summed E-state index contributed by atoms with van der Waals surface area (Å²) in [6.07, 6.45) is 2.09. The number of carbonyl (C=O) groups excluding carboxylic acids is 2. The van der Waals surface area contributed by atoms with Gasteiger partial charge in [0.25, 0.3) is 11.3 Å². The molecule has 7 nitrogen and oxygen atoms in total. The van der Waals surface area contributed by atoms with Crippen LogP contribution in [0.4, 0.5) is 5.69 Å². The highest BCUT2D eigenvalue weighted by Crippen LogP contribution is 2.33. The van der Waals surface area contributed by atoms with Gasteiger partial charge in [-0.1, -0.05) is 84.9 Å². The molecule has 1 fully saturated rings. The maximum atomic E-state index is 13.7. The topological polar surface area (TPSA) is 90.0 Å². The molecule has 1 saturated heterocycles. The Bertz CT molecular complexity index is 1540. The van der Waals surface area contributed by atoms with Gasteiger partial charge in [0.1, 0.15) is 6.04 Å². The van der Waals surface area contributed by atoms with Crippen molar-refractivity contribution in [3.63, 3.8) is 0 Å². The highest BCUT2D eigenvalue weighted by molar-refractivity contribution is 7.80. The number of fused-ring (bicyclic) bond motifs is 1. The number of hydrogen-bond acceptors (Lipinski definition) is 3. The molecule has 0 bridgehead atoms. The predicted octanol–water partition coefficient (Wildman–Crippen LogP) is 6.00. The Morgan fingerprint density at radius 3 is 2.19 bits per heavy atom. The highest BCUT2D eigenvalue weighted by Gasteiger charge is 2.32. The second kappa shape index (κ2) is 14.0. The molecule has 2 N–H and O–H groups in total. The van der Waals surface area contributed by atoms with E-state index in [1.807, 2.05) is 91.0 Å². The molecule has 1 heterocycles. The zero-order valence-electron chi connectivity index (χ0n) is 23.2. The van der Waals surface area contributed by atoms with Gasteiger partial charge in [-0.3, -0.25) is 18.4 Å². The summed E-state index contributed by atoms with van der Waals surface area (Å²) in [4.78, 5) is 29.1. The second-order valence-corrected chi connectivity index (χ2v) is 11.6. The fraction of sp³-hybridized carbons (Fsp3) is 0.273. The van der Waals surface area contributed by atoms with E-state index in [1.165, 1.54) is 4.31 Å². The zero-order valence-corrected chi connectivity index (χ0v) is 24.8. The van der Waals surface area contributed by atoms with E-state index in [9.17, 15) is 18.4 Å². The van der Waals surface area contributed by atoms with Gasteiger partial charge in [-0.2, -0.15) is 0 Å². The number of nitrogens with one attached hydrogen (secondary N) is 1. The predicted molar refractivity (Wildman–Crippen MR) is 168 cm³/mol. The molecule has 1 aliphatic heterocycles. The summed E-state index contributed by atoms with van der Waals surface area (Å²) in [5.41, 5.74) is 3.11. The van der Waals surface area contributed by atoms with E-state index < -0.39 is 23.4 Å². The molecule has 5 rings (SSSR count). The molecule has 0 saturated carbocycles. The van der Waals surface area contributed by atoms with Gasteiger partial charge in [-0.15, -0.1) is 11.6 Å². The van der Waals surface area contributed by atoms with Gasteiger partial charge in [-0.25, -0.2) is 4.21 Å². The normalized spacial score (nSPS) is 15.2. The lowest BCUT2D eigenvalue weighted by Crippen LogP contribution is -2.49. The molecular weight excluding hydrogens is 570 g/mol. The van der Waals surface area contributed by atoms with Gasteiger partial charge >= 0.3 is 0 Å². The van der Waals surface area contributed by atoms with Crippen LogP contribution in [0.2, 0.25) is 0 Å². The zero-order chi connectivity index (χ0) is 29.5. The number of anilines is 1. The van der Waals surface area contributed by atoms with Crippen molar-refractivity contribution in [2.24, 2.45) is 0 Å². The van der Waals surface area contributed by atoms with Gasteiger partial charge in [0.2, 0.25) is 11.8 Å². The molecule has 42 heavy (non-hydrogen) atoms. The first-order chi connectivity index (χ1) is 20.4. The van der Waals surface area contributed by atoms with E-state index >= 15 is 0 Å². The largest absolute Gasteiger partial charge is 0.344 e. The molecule has 4 aromatic rings. The third-order valence-corrected chi connectivity index (χ3v) is 8.78. The Kier molecular flexibility index (Phi) is 9.89. The lowest BCUT2D eigenvalue weighted by atomic mass is 10.0. The van der Waals surface area contributed by atoms with Crippen LogP contribution < -0.4 is 9.62 Å². The van der Waals surface area contributed by atoms with Crippen molar-refractivity contribution in [3.8, 4) is 0 Å². The average molecular weight is 604 g/mol. The first kappa shape index (κ1) is 29.8. The molecule has 0 aromatic heterocycles. The van der Waals surface area contributed by atoms with Crippen molar-refractivity contribution in [2.45, 2.75) is 43.6 Å². The van der Waals surface area contributed by atoms with Crippen molar-refractivity contribution in [2.75, 3.05) is 17.4 Å². The number of benzene rings is 4.